The smallest absolute Gasteiger partial charge is 0.163 e. The molecule has 2 nitrogen and oxygen atoms in total. The molecule has 1 aliphatic rings. The standard InChI is InChI=1S/C18H15ClO2/c1-21-15-8-4-13-5-9-18(20)17(16(13)11-15)10-12-2-6-14(19)7-3-12/h2-4,6-8,10-11H,5,9H2,1H3/b17-10+. The zero-order chi connectivity index (χ0) is 14.8. The number of allylic oxidation sites excluding steroid dienone is 1. The second-order valence-corrected chi connectivity index (χ2v) is 5.49. The Morgan fingerprint density at radius 1 is 1.10 bits per heavy atom. The summed E-state index contributed by atoms with van der Waals surface area (Å²) in [5.74, 6) is 0.941. The van der Waals surface area contributed by atoms with E-state index in [-0.39, 0.29) is 5.78 Å². The van der Waals surface area contributed by atoms with Crippen molar-refractivity contribution in [3.8, 4) is 5.75 Å². The van der Waals surface area contributed by atoms with Gasteiger partial charge in [-0.05, 0) is 53.5 Å². The van der Waals surface area contributed by atoms with Crippen LogP contribution in [0.1, 0.15) is 23.1 Å². The molecule has 0 aromatic heterocycles. The van der Waals surface area contributed by atoms with Gasteiger partial charge in [-0.3, -0.25) is 4.79 Å². The number of benzene rings is 2. The fourth-order valence-electron chi connectivity index (χ4n) is 2.57. The van der Waals surface area contributed by atoms with Crippen molar-refractivity contribution < 1.29 is 9.53 Å². The Labute approximate surface area is 129 Å². The molecule has 0 N–H and O–H groups in total. The van der Waals surface area contributed by atoms with Crippen molar-refractivity contribution in [2.75, 3.05) is 7.11 Å². The lowest BCUT2D eigenvalue weighted by Crippen LogP contribution is -2.12. The molecule has 3 rings (SSSR count). The van der Waals surface area contributed by atoms with Crippen molar-refractivity contribution in [3.05, 3.63) is 64.2 Å². The predicted molar refractivity (Wildman–Crippen MR) is 85.6 cm³/mol. The first-order valence-corrected chi connectivity index (χ1v) is 7.23. The van der Waals surface area contributed by atoms with Gasteiger partial charge in [0.25, 0.3) is 0 Å². The van der Waals surface area contributed by atoms with Crippen LogP contribution in [0.3, 0.4) is 0 Å². The van der Waals surface area contributed by atoms with E-state index in [2.05, 4.69) is 0 Å². The van der Waals surface area contributed by atoms with Gasteiger partial charge in [0.1, 0.15) is 5.75 Å². The average molecular weight is 299 g/mol. The number of carbonyl (C=O) groups is 1. The molecule has 0 saturated carbocycles. The molecule has 0 heterocycles. The van der Waals surface area contributed by atoms with Crippen LogP contribution in [0.2, 0.25) is 5.02 Å². The molecule has 0 aliphatic heterocycles. The van der Waals surface area contributed by atoms with Crippen LogP contribution >= 0.6 is 11.6 Å². The van der Waals surface area contributed by atoms with Crippen molar-refractivity contribution >= 4 is 29.0 Å². The van der Waals surface area contributed by atoms with Crippen LogP contribution < -0.4 is 4.74 Å². The van der Waals surface area contributed by atoms with Crippen molar-refractivity contribution in [3.63, 3.8) is 0 Å². The van der Waals surface area contributed by atoms with Gasteiger partial charge in [-0.15, -0.1) is 0 Å². The molecule has 106 valence electrons. The van der Waals surface area contributed by atoms with Crippen molar-refractivity contribution in [2.24, 2.45) is 0 Å². The molecule has 1 aliphatic carbocycles. The Morgan fingerprint density at radius 2 is 1.86 bits per heavy atom. The minimum atomic E-state index is 0.172. The highest BCUT2D eigenvalue weighted by molar-refractivity contribution is 6.30. The number of fused-ring (bicyclic) bond motifs is 1. The average Bonchev–Trinajstić information content (AvgIpc) is 2.51. The summed E-state index contributed by atoms with van der Waals surface area (Å²) >= 11 is 5.90. The lowest BCUT2D eigenvalue weighted by atomic mass is 9.85. The maximum absolute atomic E-state index is 12.3. The van der Waals surface area contributed by atoms with Crippen molar-refractivity contribution in [1.29, 1.82) is 0 Å². The third-order valence-electron chi connectivity index (χ3n) is 3.71. The minimum Gasteiger partial charge on any atom is -0.497 e. The summed E-state index contributed by atoms with van der Waals surface area (Å²) < 4.78 is 5.27. The maximum Gasteiger partial charge on any atom is 0.163 e. The van der Waals surface area contributed by atoms with Crippen LogP contribution in [0.5, 0.6) is 5.75 Å². The summed E-state index contributed by atoms with van der Waals surface area (Å²) in [4.78, 5) is 12.3. The van der Waals surface area contributed by atoms with Gasteiger partial charge in [0, 0.05) is 17.0 Å². The molecule has 3 heteroatoms. The number of methoxy groups -OCH3 is 1. The summed E-state index contributed by atoms with van der Waals surface area (Å²) in [6.45, 7) is 0. The van der Waals surface area contributed by atoms with E-state index >= 15 is 0 Å². The topological polar surface area (TPSA) is 26.3 Å². The van der Waals surface area contributed by atoms with Crippen LogP contribution in [0.25, 0.3) is 11.6 Å². The lowest BCUT2D eigenvalue weighted by molar-refractivity contribution is -0.113. The maximum atomic E-state index is 12.3. The van der Waals surface area contributed by atoms with E-state index in [4.69, 9.17) is 16.3 Å². The molecule has 0 spiro atoms. The van der Waals surface area contributed by atoms with Gasteiger partial charge in [-0.25, -0.2) is 0 Å². The Morgan fingerprint density at radius 3 is 2.57 bits per heavy atom. The number of halogens is 1. The summed E-state index contributed by atoms with van der Waals surface area (Å²) in [5, 5.41) is 0.689. The van der Waals surface area contributed by atoms with Gasteiger partial charge < -0.3 is 4.74 Å². The molecule has 0 saturated heterocycles. The van der Waals surface area contributed by atoms with Crippen LogP contribution in [0.4, 0.5) is 0 Å². The predicted octanol–water partition coefficient (Wildman–Crippen LogP) is 4.40. The highest BCUT2D eigenvalue weighted by atomic mass is 35.5. The molecule has 2 aromatic rings. The van der Waals surface area contributed by atoms with Gasteiger partial charge in [-0.2, -0.15) is 0 Å². The SMILES string of the molecule is COc1ccc2c(c1)/C(=C\c1ccc(Cl)cc1)C(=O)CC2. The van der Waals surface area contributed by atoms with E-state index in [0.29, 0.717) is 11.4 Å². The molecular weight excluding hydrogens is 284 g/mol. The molecule has 21 heavy (non-hydrogen) atoms. The van der Waals surface area contributed by atoms with E-state index in [1.807, 2.05) is 48.5 Å². The number of hydrogen-bond donors (Lipinski definition) is 0. The fourth-order valence-corrected chi connectivity index (χ4v) is 2.69. The van der Waals surface area contributed by atoms with Gasteiger partial charge in [0.2, 0.25) is 0 Å². The van der Waals surface area contributed by atoms with E-state index in [1.165, 1.54) is 5.56 Å². The third kappa shape index (κ3) is 2.86. The molecular formula is C18H15ClO2. The minimum absolute atomic E-state index is 0.172. The normalized spacial score (nSPS) is 15.9. The molecule has 0 bridgehead atoms. The quantitative estimate of drug-likeness (QED) is 0.768. The molecule has 0 atom stereocenters. The zero-order valence-corrected chi connectivity index (χ0v) is 12.5. The molecule has 0 unspecified atom stereocenters. The summed E-state index contributed by atoms with van der Waals surface area (Å²) in [6, 6.07) is 13.4. The number of ketones is 1. The second kappa shape index (κ2) is 5.74. The first-order valence-electron chi connectivity index (χ1n) is 6.85. The number of rotatable bonds is 2. The second-order valence-electron chi connectivity index (χ2n) is 5.06. The van der Waals surface area contributed by atoms with E-state index < -0.39 is 0 Å². The van der Waals surface area contributed by atoms with E-state index in [0.717, 1.165) is 28.9 Å². The molecule has 0 fully saturated rings. The third-order valence-corrected chi connectivity index (χ3v) is 3.96. The summed E-state index contributed by atoms with van der Waals surface area (Å²) in [7, 11) is 1.63. The van der Waals surface area contributed by atoms with Crippen LogP contribution in [0.15, 0.2) is 42.5 Å². The molecule has 2 aromatic carbocycles. The first kappa shape index (κ1) is 13.9. The summed E-state index contributed by atoms with van der Waals surface area (Å²) in [6.07, 6.45) is 3.27. The Bertz CT molecular complexity index is 714. The Hall–Kier alpha value is -2.06. The van der Waals surface area contributed by atoms with Gasteiger partial charge >= 0.3 is 0 Å². The fraction of sp³-hybridized carbons (Fsp3) is 0.167. The van der Waals surface area contributed by atoms with Gasteiger partial charge in [-0.1, -0.05) is 29.8 Å². The monoisotopic (exact) mass is 298 g/mol. The first-order chi connectivity index (χ1) is 10.2. The molecule has 0 amide bonds. The number of ether oxygens (including phenoxy) is 1. The van der Waals surface area contributed by atoms with Crippen molar-refractivity contribution in [2.45, 2.75) is 12.8 Å². The lowest BCUT2D eigenvalue weighted by Gasteiger charge is -2.19. The van der Waals surface area contributed by atoms with E-state index in [1.54, 1.807) is 7.11 Å². The number of aryl methyl sites for hydroxylation is 1. The van der Waals surface area contributed by atoms with Crippen LogP contribution in [-0.2, 0) is 11.2 Å². The van der Waals surface area contributed by atoms with Crippen LogP contribution in [0, 0.1) is 0 Å². The van der Waals surface area contributed by atoms with Crippen LogP contribution in [-0.4, -0.2) is 12.9 Å². The van der Waals surface area contributed by atoms with E-state index in [9.17, 15) is 4.79 Å². The van der Waals surface area contributed by atoms with Gasteiger partial charge in [0.15, 0.2) is 5.78 Å². The Balaban J connectivity index is 2.09. The van der Waals surface area contributed by atoms with Gasteiger partial charge in [0.05, 0.1) is 7.11 Å². The summed E-state index contributed by atoms with van der Waals surface area (Å²) in [5.41, 5.74) is 3.88. The largest absolute Gasteiger partial charge is 0.497 e. The highest BCUT2D eigenvalue weighted by Gasteiger charge is 2.21. The number of Topliss-reactive ketones (excluding diaryl/α,β-unsaturated/α-hetero) is 1. The zero-order valence-electron chi connectivity index (χ0n) is 11.7. The number of carbonyl (C=O) groups excluding carboxylic acids is 1. The highest BCUT2D eigenvalue weighted by Crippen LogP contribution is 2.32. The Kier molecular flexibility index (Phi) is 3.80. The van der Waals surface area contributed by atoms with Crippen molar-refractivity contribution in [1.82, 2.24) is 0 Å². The number of hydrogen-bond acceptors (Lipinski definition) is 2. The molecule has 0 radical (unpaired) electrons.